The number of nitrogens with one attached hydrogen (secondary N) is 1. The molecule has 2 fully saturated rings. The van der Waals surface area contributed by atoms with Crippen LogP contribution in [-0.4, -0.2) is 61.0 Å². The third kappa shape index (κ3) is 2.54. The molecule has 2 aliphatic rings. The maximum atomic E-state index is 12.7. The third-order valence-electron chi connectivity index (χ3n) is 4.83. The van der Waals surface area contributed by atoms with Gasteiger partial charge in [0, 0.05) is 30.6 Å². The molecular formula is C14H27N3O. The molecule has 2 aliphatic heterocycles. The number of nitrogens with zero attached hydrogens (tertiary/aromatic N) is 2. The second-order valence-electron chi connectivity index (χ2n) is 6.77. The van der Waals surface area contributed by atoms with Gasteiger partial charge in [-0.15, -0.1) is 0 Å². The zero-order chi connectivity index (χ0) is 13.4. The number of likely N-dealkylation sites (N-methyl/N-ethyl adjacent to an activating group) is 1. The second kappa shape index (κ2) is 4.82. The smallest absolute Gasteiger partial charge is 0.228 e. The monoisotopic (exact) mass is 253 g/mol. The molecule has 0 aromatic carbocycles. The molecule has 0 radical (unpaired) electrons. The summed E-state index contributed by atoms with van der Waals surface area (Å²) in [6.45, 7) is 11.2. The van der Waals surface area contributed by atoms with E-state index in [2.05, 4.69) is 42.9 Å². The maximum Gasteiger partial charge on any atom is 0.228 e. The molecule has 0 unspecified atom stereocenters. The van der Waals surface area contributed by atoms with E-state index in [1.165, 1.54) is 0 Å². The molecule has 0 aliphatic carbocycles. The Bertz CT molecular complexity index is 321. The molecular weight excluding hydrogens is 226 g/mol. The minimum atomic E-state index is -0.142. The van der Waals surface area contributed by atoms with E-state index in [1.807, 2.05) is 0 Å². The predicted molar refractivity (Wildman–Crippen MR) is 73.5 cm³/mol. The van der Waals surface area contributed by atoms with Crippen LogP contribution in [0.5, 0.6) is 0 Å². The van der Waals surface area contributed by atoms with Crippen molar-refractivity contribution >= 4 is 5.91 Å². The van der Waals surface area contributed by atoms with Crippen molar-refractivity contribution in [3.8, 4) is 0 Å². The van der Waals surface area contributed by atoms with Gasteiger partial charge < -0.3 is 10.2 Å². The van der Waals surface area contributed by atoms with E-state index in [0.717, 1.165) is 45.6 Å². The Labute approximate surface area is 111 Å². The quantitative estimate of drug-likeness (QED) is 0.755. The molecule has 1 amide bonds. The first-order valence-corrected chi connectivity index (χ1v) is 7.07. The van der Waals surface area contributed by atoms with Gasteiger partial charge in [0.2, 0.25) is 5.91 Å². The first-order valence-electron chi connectivity index (χ1n) is 7.07. The molecule has 4 nitrogen and oxygen atoms in total. The van der Waals surface area contributed by atoms with Crippen LogP contribution in [0.1, 0.15) is 33.6 Å². The van der Waals surface area contributed by atoms with Crippen molar-refractivity contribution in [3.05, 3.63) is 0 Å². The minimum Gasteiger partial charge on any atom is -0.339 e. The van der Waals surface area contributed by atoms with Gasteiger partial charge in [0.05, 0.1) is 0 Å². The summed E-state index contributed by atoms with van der Waals surface area (Å²) in [6.07, 6.45) is 1.94. The highest BCUT2D eigenvalue weighted by molar-refractivity contribution is 5.82. The zero-order valence-corrected chi connectivity index (χ0v) is 12.3. The van der Waals surface area contributed by atoms with Crippen LogP contribution in [0.25, 0.3) is 0 Å². The molecule has 18 heavy (non-hydrogen) atoms. The van der Waals surface area contributed by atoms with E-state index >= 15 is 0 Å². The molecule has 4 heteroatoms. The first-order chi connectivity index (χ1) is 8.35. The van der Waals surface area contributed by atoms with Crippen LogP contribution in [0.15, 0.2) is 0 Å². The number of hydrogen-bond acceptors (Lipinski definition) is 3. The Kier molecular flexibility index (Phi) is 3.70. The lowest BCUT2D eigenvalue weighted by molar-refractivity contribution is -0.147. The SMILES string of the molecule is CN1CCN(C(=O)C2(C)CCNCC2)CC1(C)C. The lowest BCUT2D eigenvalue weighted by atomic mass is 9.79. The molecule has 0 spiro atoms. The normalized spacial score (nSPS) is 28.1. The number of piperazine rings is 1. The summed E-state index contributed by atoms with van der Waals surface area (Å²) in [7, 11) is 2.15. The van der Waals surface area contributed by atoms with E-state index in [1.54, 1.807) is 0 Å². The number of rotatable bonds is 1. The fourth-order valence-electron chi connectivity index (χ4n) is 2.99. The van der Waals surface area contributed by atoms with Crippen LogP contribution in [0.3, 0.4) is 0 Å². The summed E-state index contributed by atoms with van der Waals surface area (Å²) < 4.78 is 0. The average Bonchev–Trinajstić information content (AvgIpc) is 2.32. The fourth-order valence-corrected chi connectivity index (χ4v) is 2.99. The largest absolute Gasteiger partial charge is 0.339 e. The minimum absolute atomic E-state index is 0.0944. The molecule has 0 aromatic rings. The number of amides is 1. The first kappa shape index (κ1) is 13.8. The summed E-state index contributed by atoms with van der Waals surface area (Å²) in [5.74, 6) is 0.366. The van der Waals surface area contributed by atoms with E-state index in [9.17, 15) is 4.79 Å². The fraction of sp³-hybridized carbons (Fsp3) is 0.929. The summed E-state index contributed by atoms with van der Waals surface area (Å²) in [5, 5.41) is 3.34. The van der Waals surface area contributed by atoms with Gasteiger partial charge >= 0.3 is 0 Å². The van der Waals surface area contributed by atoms with E-state index in [0.29, 0.717) is 5.91 Å². The number of piperidine rings is 1. The topological polar surface area (TPSA) is 35.6 Å². The van der Waals surface area contributed by atoms with Gasteiger partial charge in [0.15, 0.2) is 0 Å². The number of hydrogen-bond donors (Lipinski definition) is 1. The van der Waals surface area contributed by atoms with Gasteiger partial charge in [0.25, 0.3) is 0 Å². The highest BCUT2D eigenvalue weighted by Crippen LogP contribution is 2.32. The van der Waals surface area contributed by atoms with E-state index in [4.69, 9.17) is 0 Å². The maximum absolute atomic E-state index is 12.7. The standard InChI is InChI=1S/C14H27N3O/c1-13(2)11-17(10-9-16(13)4)12(18)14(3)5-7-15-8-6-14/h15H,5-11H2,1-4H3. The number of carbonyl (C=O) groups is 1. The molecule has 0 aromatic heterocycles. The average molecular weight is 253 g/mol. The summed E-state index contributed by atoms with van der Waals surface area (Å²) in [4.78, 5) is 17.2. The van der Waals surface area contributed by atoms with Crippen molar-refractivity contribution in [2.45, 2.75) is 39.2 Å². The van der Waals surface area contributed by atoms with E-state index in [-0.39, 0.29) is 11.0 Å². The van der Waals surface area contributed by atoms with Crippen LogP contribution in [0.2, 0.25) is 0 Å². The summed E-state index contributed by atoms with van der Waals surface area (Å²) in [5.41, 5.74) is -0.0472. The third-order valence-corrected chi connectivity index (χ3v) is 4.83. The lowest BCUT2D eigenvalue weighted by Crippen LogP contribution is -2.61. The number of carbonyl (C=O) groups excluding carboxylic acids is 1. The van der Waals surface area contributed by atoms with Crippen LogP contribution in [0.4, 0.5) is 0 Å². The molecule has 2 rings (SSSR count). The van der Waals surface area contributed by atoms with Crippen LogP contribution in [0, 0.1) is 5.41 Å². The van der Waals surface area contributed by atoms with Crippen molar-refractivity contribution < 1.29 is 4.79 Å². The molecule has 2 saturated heterocycles. The van der Waals surface area contributed by atoms with Crippen LogP contribution < -0.4 is 5.32 Å². The van der Waals surface area contributed by atoms with Crippen molar-refractivity contribution in [2.75, 3.05) is 39.8 Å². The second-order valence-corrected chi connectivity index (χ2v) is 6.77. The summed E-state index contributed by atoms with van der Waals surface area (Å²) in [6, 6.07) is 0. The summed E-state index contributed by atoms with van der Waals surface area (Å²) >= 11 is 0. The van der Waals surface area contributed by atoms with Crippen LogP contribution >= 0.6 is 0 Å². The zero-order valence-electron chi connectivity index (χ0n) is 12.3. The van der Waals surface area contributed by atoms with Gasteiger partial charge in [0.1, 0.15) is 0 Å². The van der Waals surface area contributed by atoms with Gasteiger partial charge in [-0.05, 0) is 46.8 Å². The molecule has 0 atom stereocenters. The van der Waals surface area contributed by atoms with Crippen molar-refractivity contribution in [2.24, 2.45) is 5.41 Å². The molecule has 104 valence electrons. The Morgan fingerprint density at radius 2 is 1.72 bits per heavy atom. The lowest BCUT2D eigenvalue weighted by Gasteiger charge is -2.48. The predicted octanol–water partition coefficient (Wildman–Crippen LogP) is 0.929. The highest BCUT2D eigenvalue weighted by Gasteiger charge is 2.41. The molecule has 2 heterocycles. The highest BCUT2D eigenvalue weighted by atomic mass is 16.2. The van der Waals surface area contributed by atoms with Gasteiger partial charge in [-0.1, -0.05) is 6.92 Å². The Morgan fingerprint density at radius 3 is 2.28 bits per heavy atom. The van der Waals surface area contributed by atoms with Crippen molar-refractivity contribution in [1.29, 1.82) is 0 Å². The Morgan fingerprint density at radius 1 is 1.11 bits per heavy atom. The van der Waals surface area contributed by atoms with Gasteiger partial charge in [-0.2, -0.15) is 0 Å². The Balaban J connectivity index is 2.05. The molecule has 0 saturated carbocycles. The van der Waals surface area contributed by atoms with Crippen LogP contribution in [-0.2, 0) is 4.79 Å². The van der Waals surface area contributed by atoms with Gasteiger partial charge in [-0.3, -0.25) is 9.69 Å². The van der Waals surface area contributed by atoms with Crippen molar-refractivity contribution in [3.63, 3.8) is 0 Å². The van der Waals surface area contributed by atoms with Gasteiger partial charge in [-0.25, -0.2) is 0 Å². The van der Waals surface area contributed by atoms with E-state index < -0.39 is 0 Å². The van der Waals surface area contributed by atoms with Crippen molar-refractivity contribution in [1.82, 2.24) is 15.1 Å². The Hall–Kier alpha value is -0.610. The molecule has 1 N–H and O–H groups in total. The molecule has 0 bridgehead atoms.